The molecule has 0 aliphatic rings. The number of nitrogens with one attached hydrogen (secondary N) is 2. The van der Waals surface area contributed by atoms with Crippen molar-refractivity contribution in [2.24, 2.45) is 5.84 Å². The van der Waals surface area contributed by atoms with Crippen molar-refractivity contribution in [3.05, 3.63) is 35.1 Å². The SMILES string of the molecule is CCc1cc2c(NCc3ccoc3)nc(NN)nc2s1. The summed E-state index contributed by atoms with van der Waals surface area (Å²) < 4.78 is 5.05. The van der Waals surface area contributed by atoms with Gasteiger partial charge in [-0.2, -0.15) is 4.98 Å². The summed E-state index contributed by atoms with van der Waals surface area (Å²) in [6.07, 6.45) is 4.34. The minimum atomic E-state index is 0.414. The second-order valence-corrected chi connectivity index (χ2v) is 5.43. The Balaban J connectivity index is 1.96. The molecule has 0 bridgehead atoms. The van der Waals surface area contributed by atoms with Crippen molar-refractivity contribution in [3.8, 4) is 0 Å². The third-order valence-corrected chi connectivity index (χ3v) is 4.13. The number of hydrogen-bond acceptors (Lipinski definition) is 7. The first-order valence-electron chi connectivity index (χ1n) is 6.32. The van der Waals surface area contributed by atoms with E-state index in [0.717, 1.165) is 28.0 Å². The Labute approximate surface area is 120 Å². The Morgan fingerprint density at radius 3 is 3.00 bits per heavy atom. The maximum absolute atomic E-state index is 5.43. The molecule has 3 rings (SSSR count). The van der Waals surface area contributed by atoms with Crippen LogP contribution >= 0.6 is 11.3 Å². The summed E-state index contributed by atoms with van der Waals surface area (Å²) in [4.78, 5) is 11.0. The molecule has 0 unspecified atom stereocenters. The molecule has 0 saturated heterocycles. The number of hydrazine groups is 1. The van der Waals surface area contributed by atoms with E-state index >= 15 is 0 Å². The average Bonchev–Trinajstić information content (AvgIpc) is 3.12. The van der Waals surface area contributed by atoms with Crippen molar-refractivity contribution in [1.82, 2.24) is 9.97 Å². The quantitative estimate of drug-likeness (QED) is 0.494. The van der Waals surface area contributed by atoms with E-state index in [0.29, 0.717) is 12.5 Å². The molecule has 0 aromatic carbocycles. The number of aromatic nitrogens is 2. The van der Waals surface area contributed by atoms with Crippen molar-refractivity contribution in [3.63, 3.8) is 0 Å². The molecule has 0 amide bonds. The minimum absolute atomic E-state index is 0.414. The van der Waals surface area contributed by atoms with Gasteiger partial charge in [0.15, 0.2) is 0 Å². The van der Waals surface area contributed by atoms with Gasteiger partial charge in [-0.1, -0.05) is 6.92 Å². The molecule has 0 radical (unpaired) electrons. The van der Waals surface area contributed by atoms with Crippen LogP contribution in [0, 0.1) is 0 Å². The molecule has 6 nitrogen and oxygen atoms in total. The molecule has 0 atom stereocenters. The lowest BCUT2D eigenvalue weighted by atomic mass is 10.3. The third kappa shape index (κ3) is 2.45. The maximum atomic E-state index is 5.43. The largest absolute Gasteiger partial charge is 0.472 e. The molecule has 7 heteroatoms. The van der Waals surface area contributed by atoms with Gasteiger partial charge in [0, 0.05) is 17.0 Å². The zero-order valence-electron chi connectivity index (χ0n) is 11.0. The van der Waals surface area contributed by atoms with Crippen LogP contribution in [0.5, 0.6) is 0 Å². The number of nitrogens with two attached hydrogens (primary N) is 1. The van der Waals surface area contributed by atoms with Crippen molar-refractivity contribution in [2.45, 2.75) is 19.9 Å². The van der Waals surface area contributed by atoms with Gasteiger partial charge < -0.3 is 9.73 Å². The van der Waals surface area contributed by atoms with Crippen LogP contribution in [0.15, 0.2) is 29.1 Å². The molecule has 0 fully saturated rings. The first kappa shape index (κ1) is 12.9. The van der Waals surface area contributed by atoms with Gasteiger partial charge in [0.1, 0.15) is 10.6 Å². The standard InChI is InChI=1S/C13H15N5OS/c1-2-9-5-10-11(15-6-8-3-4-19-7-8)16-13(18-14)17-12(10)20-9/h3-5,7H,2,6,14H2,1H3,(H2,15,16,17,18). The summed E-state index contributed by atoms with van der Waals surface area (Å²) in [5.41, 5.74) is 3.57. The lowest BCUT2D eigenvalue weighted by Crippen LogP contribution is -2.12. The van der Waals surface area contributed by atoms with Crippen molar-refractivity contribution in [1.29, 1.82) is 0 Å². The molecule has 104 valence electrons. The molecule has 20 heavy (non-hydrogen) atoms. The van der Waals surface area contributed by atoms with E-state index in [9.17, 15) is 0 Å². The number of fused-ring (bicyclic) bond motifs is 1. The number of aryl methyl sites for hydroxylation is 1. The van der Waals surface area contributed by atoms with E-state index in [-0.39, 0.29) is 0 Å². The molecule has 3 heterocycles. The molecule has 0 aliphatic heterocycles. The van der Waals surface area contributed by atoms with E-state index in [1.165, 1.54) is 4.88 Å². The van der Waals surface area contributed by atoms with Crippen LogP contribution in [-0.4, -0.2) is 9.97 Å². The summed E-state index contributed by atoms with van der Waals surface area (Å²) in [6.45, 7) is 2.77. The van der Waals surface area contributed by atoms with E-state index in [4.69, 9.17) is 10.3 Å². The third-order valence-electron chi connectivity index (χ3n) is 2.96. The molecule has 0 saturated carbocycles. The molecular weight excluding hydrogens is 274 g/mol. The summed E-state index contributed by atoms with van der Waals surface area (Å²) >= 11 is 1.66. The lowest BCUT2D eigenvalue weighted by Gasteiger charge is -2.07. The fourth-order valence-electron chi connectivity index (χ4n) is 1.92. The highest BCUT2D eigenvalue weighted by Crippen LogP contribution is 2.30. The van der Waals surface area contributed by atoms with E-state index in [1.54, 1.807) is 23.9 Å². The number of nitrogens with zero attached hydrogens (tertiary/aromatic N) is 2. The summed E-state index contributed by atoms with van der Waals surface area (Å²) in [5.74, 6) is 6.62. The minimum Gasteiger partial charge on any atom is -0.472 e. The van der Waals surface area contributed by atoms with Crippen LogP contribution in [0.1, 0.15) is 17.4 Å². The zero-order chi connectivity index (χ0) is 13.9. The fraction of sp³-hybridized carbons (Fsp3) is 0.231. The first-order chi connectivity index (χ1) is 9.80. The van der Waals surface area contributed by atoms with Gasteiger partial charge in [-0.25, -0.2) is 10.8 Å². The Morgan fingerprint density at radius 2 is 2.30 bits per heavy atom. The Bertz CT molecular complexity index is 707. The maximum Gasteiger partial charge on any atom is 0.240 e. The predicted molar refractivity (Wildman–Crippen MR) is 80.6 cm³/mol. The van der Waals surface area contributed by atoms with Gasteiger partial charge in [0.05, 0.1) is 17.9 Å². The summed E-state index contributed by atoms with van der Waals surface area (Å²) in [5, 5.41) is 4.32. The van der Waals surface area contributed by atoms with Gasteiger partial charge >= 0.3 is 0 Å². The second-order valence-electron chi connectivity index (χ2n) is 4.31. The number of anilines is 2. The lowest BCUT2D eigenvalue weighted by molar-refractivity contribution is 0.564. The second kappa shape index (κ2) is 5.48. The smallest absolute Gasteiger partial charge is 0.240 e. The highest BCUT2D eigenvalue weighted by atomic mass is 32.1. The Hall–Kier alpha value is -2.12. The van der Waals surface area contributed by atoms with Crippen LogP contribution in [-0.2, 0) is 13.0 Å². The highest BCUT2D eigenvalue weighted by Gasteiger charge is 2.11. The average molecular weight is 289 g/mol. The van der Waals surface area contributed by atoms with Crippen molar-refractivity contribution < 1.29 is 4.42 Å². The number of nitrogen functional groups attached to an aromatic ring is 1. The van der Waals surface area contributed by atoms with Gasteiger partial charge in [0.2, 0.25) is 5.95 Å². The summed E-state index contributed by atoms with van der Waals surface area (Å²) in [7, 11) is 0. The van der Waals surface area contributed by atoms with Gasteiger partial charge in [-0.05, 0) is 18.6 Å². The Morgan fingerprint density at radius 1 is 1.40 bits per heavy atom. The Kier molecular flexibility index (Phi) is 3.53. The van der Waals surface area contributed by atoms with Gasteiger partial charge in [-0.3, -0.25) is 5.43 Å². The van der Waals surface area contributed by atoms with Crippen LogP contribution in [0.2, 0.25) is 0 Å². The monoisotopic (exact) mass is 289 g/mol. The van der Waals surface area contributed by atoms with Crippen molar-refractivity contribution >= 4 is 33.3 Å². The number of rotatable bonds is 5. The first-order valence-corrected chi connectivity index (χ1v) is 7.14. The zero-order valence-corrected chi connectivity index (χ0v) is 11.8. The summed E-state index contributed by atoms with van der Waals surface area (Å²) in [6, 6.07) is 4.04. The van der Waals surface area contributed by atoms with Crippen LogP contribution < -0.4 is 16.6 Å². The predicted octanol–water partition coefficient (Wildman–Crippen LogP) is 2.74. The number of hydrogen-bond donors (Lipinski definition) is 3. The van der Waals surface area contributed by atoms with E-state index < -0.39 is 0 Å². The normalized spacial score (nSPS) is 10.9. The molecule has 4 N–H and O–H groups in total. The van der Waals surface area contributed by atoms with Crippen LogP contribution in [0.4, 0.5) is 11.8 Å². The van der Waals surface area contributed by atoms with Gasteiger partial charge in [-0.15, -0.1) is 11.3 Å². The van der Waals surface area contributed by atoms with E-state index in [1.807, 2.05) is 6.07 Å². The number of furan rings is 1. The topological polar surface area (TPSA) is 89.0 Å². The molecule has 3 aromatic rings. The molecular formula is C13H15N5OS. The van der Waals surface area contributed by atoms with E-state index in [2.05, 4.69) is 33.7 Å². The van der Waals surface area contributed by atoms with Crippen LogP contribution in [0.25, 0.3) is 10.2 Å². The molecule has 3 aromatic heterocycles. The number of thiophene rings is 1. The van der Waals surface area contributed by atoms with Crippen molar-refractivity contribution in [2.75, 3.05) is 10.7 Å². The highest BCUT2D eigenvalue weighted by molar-refractivity contribution is 7.18. The molecule has 0 aliphatic carbocycles. The van der Waals surface area contributed by atoms with Crippen LogP contribution in [0.3, 0.4) is 0 Å². The fourth-order valence-corrected chi connectivity index (χ4v) is 2.89. The molecule has 0 spiro atoms. The van der Waals surface area contributed by atoms with Gasteiger partial charge in [0.25, 0.3) is 0 Å².